The second kappa shape index (κ2) is 6.78. The van der Waals surface area contributed by atoms with Crippen LogP contribution in [0.4, 0.5) is 0 Å². The summed E-state index contributed by atoms with van der Waals surface area (Å²) in [5.41, 5.74) is 6.44. The highest BCUT2D eigenvalue weighted by Gasteiger charge is 2.19. The minimum atomic E-state index is 0.755. The fourth-order valence-electron chi connectivity index (χ4n) is 3.17. The molecule has 1 aliphatic rings. The molecule has 1 aliphatic heterocycles. The molecule has 120 valence electrons. The van der Waals surface area contributed by atoms with Crippen molar-refractivity contribution in [3.05, 3.63) is 59.2 Å². The van der Waals surface area contributed by atoms with E-state index >= 15 is 0 Å². The summed E-state index contributed by atoms with van der Waals surface area (Å²) in [4.78, 5) is 0. The van der Waals surface area contributed by atoms with E-state index in [-0.39, 0.29) is 0 Å². The summed E-state index contributed by atoms with van der Waals surface area (Å²) in [6.45, 7) is 3.07. The second-order valence-electron chi connectivity index (χ2n) is 5.68. The first-order chi connectivity index (χ1) is 11.3. The lowest BCUT2D eigenvalue weighted by Crippen LogP contribution is -2.20. The van der Waals surface area contributed by atoms with Crippen molar-refractivity contribution in [3.63, 3.8) is 0 Å². The molecule has 0 atom stereocenters. The molecule has 0 saturated heterocycles. The maximum absolute atomic E-state index is 5.46. The molecular weight excluding hydrogens is 286 g/mol. The number of nitrogens with one attached hydrogen (secondary N) is 1. The van der Waals surface area contributed by atoms with Gasteiger partial charge in [0.2, 0.25) is 0 Å². The Balaban J connectivity index is 2.13. The van der Waals surface area contributed by atoms with Gasteiger partial charge in [-0.1, -0.05) is 37.6 Å². The molecule has 0 radical (unpaired) electrons. The highest BCUT2D eigenvalue weighted by atomic mass is 16.5. The molecule has 2 aromatic carbocycles. The summed E-state index contributed by atoms with van der Waals surface area (Å²) in [5.74, 6) is 1.51. The standard InChI is InChI=1S/C20H23NO2/c1-4-7-17-16-9-6-5-8-15(16)13-21-20(17)14-10-11-18(22-2)19(12-14)23-3/h5-6,8-12,21H,4,7,13H2,1-3H3. The van der Waals surface area contributed by atoms with Crippen LogP contribution in [0.25, 0.3) is 11.3 Å². The minimum absolute atomic E-state index is 0.755. The SMILES string of the molecule is CCCC1=C(c2ccc(OC)c(OC)c2)NCc2ccccc21. The van der Waals surface area contributed by atoms with E-state index in [0.717, 1.165) is 36.4 Å². The van der Waals surface area contributed by atoms with E-state index in [2.05, 4.69) is 42.6 Å². The van der Waals surface area contributed by atoms with Crippen LogP contribution in [0.2, 0.25) is 0 Å². The number of allylic oxidation sites excluding steroid dienone is 1. The molecule has 3 heteroatoms. The van der Waals surface area contributed by atoms with Gasteiger partial charge in [0, 0.05) is 17.8 Å². The van der Waals surface area contributed by atoms with Gasteiger partial charge >= 0.3 is 0 Å². The molecule has 0 aliphatic carbocycles. The van der Waals surface area contributed by atoms with Gasteiger partial charge in [-0.2, -0.15) is 0 Å². The van der Waals surface area contributed by atoms with Gasteiger partial charge in [-0.15, -0.1) is 0 Å². The van der Waals surface area contributed by atoms with E-state index in [0.29, 0.717) is 0 Å². The Morgan fingerprint density at radius 1 is 1.00 bits per heavy atom. The third-order valence-electron chi connectivity index (χ3n) is 4.27. The molecule has 1 heterocycles. The molecule has 0 spiro atoms. The fourth-order valence-corrected chi connectivity index (χ4v) is 3.17. The molecule has 0 bridgehead atoms. The lowest BCUT2D eigenvalue weighted by Gasteiger charge is -2.26. The summed E-state index contributed by atoms with van der Waals surface area (Å²) in [7, 11) is 3.33. The van der Waals surface area contributed by atoms with Crippen LogP contribution in [0.3, 0.4) is 0 Å². The van der Waals surface area contributed by atoms with E-state index in [1.54, 1.807) is 14.2 Å². The summed E-state index contributed by atoms with van der Waals surface area (Å²) in [5, 5.41) is 3.60. The van der Waals surface area contributed by atoms with Gasteiger partial charge in [-0.3, -0.25) is 0 Å². The Bertz CT molecular complexity index is 734. The predicted molar refractivity (Wildman–Crippen MR) is 94.5 cm³/mol. The van der Waals surface area contributed by atoms with E-state index in [4.69, 9.17) is 9.47 Å². The van der Waals surface area contributed by atoms with Crippen molar-refractivity contribution in [2.75, 3.05) is 14.2 Å². The fraction of sp³-hybridized carbons (Fsp3) is 0.300. The number of fused-ring (bicyclic) bond motifs is 1. The van der Waals surface area contributed by atoms with Crippen LogP contribution in [-0.4, -0.2) is 14.2 Å². The number of ether oxygens (including phenoxy) is 2. The van der Waals surface area contributed by atoms with E-state index in [9.17, 15) is 0 Å². The second-order valence-corrected chi connectivity index (χ2v) is 5.68. The van der Waals surface area contributed by atoms with Crippen LogP contribution in [0.15, 0.2) is 42.5 Å². The van der Waals surface area contributed by atoms with E-state index in [1.807, 2.05) is 12.1 Å². The van der Waals surface area contributed by atoms with E-state index in [1.165, 1.54) is 22.4 Å². The van der Waals surface area contributed by atoms with Crippen LogP contribution >= 0.6 is 0 Å². The van der Waals surface area contributed by atoms with Crippen molar-refractivity contribution >= 4 is 11.3 Å². The molecular formula is C20H23NO2. The van der Waals surface area contributed by atoms with Crippen molar-refractivity contribution in [1.82, 2.24) is 5.32 Å². The Morgan fingerprint density at radius 3 is 2.52 bits per heavy atom. The zero-order valence-corrected chi connectivity index (χ0v) is 14.0. The zero-order valence-electron chi connectivity index (χ0n) is 14.0. The normalized spacial score (nSPS) is 13.3. The maximum atomic E-state index is 5.46. The maximum Gasteiger partial charge on any atom is 0.161 e. The quantitative estimate of drug-likeness (QED) is 0.883. The lowest BCUT2D eigenvalue weighted by molar-refractivity contribution is 0.355. The lowest BCUT2D eigenvalue weighted by atomic mass is 9.89. The van der Waals surface area contributed by atoms with Crippen LogP contribution in [0.5, 0.6) is 11.5 Å². The number of benzene rings is 2. The number of hydrogen-bond donors (Lipinski definition) is 1. The van der Waals surface area contributed by atoms with Gasteiger partial charge in [0.25, 0.3) is 0 Å². The van der Waals surface area contributed by atoms with Gasteiger partial charge in [-0.05, 0) is 41.3 Å². The van der Waals surface area contributed by atoms with E-state index < -0.39 is 0 Å². The first kappa shape index (κ1) is 15.5. The molecule has 0 amide bonds. The number of rotatable bonds is 5. The van der Waals surface area contributed by atoms with Gasteiger partial charge in [0.1, 0.15) is 0 Å². The van der Waals surface area contributed by atoms with Crippen molar-refractivity contribution in [1.29, 1.82) is 0 Å². The highest BCUT2D eigenvalue weighted by Crippen LogP contribution is 2.37. The first-order valence-electron chi connectivity index (χ1n) is 8.06. The molecule has 0 aromatic heterocycles. The van der Waals surface area contributed by atoms with Crippen molar-refractivity contribution in [3.8, 4) is 11.5 Å². The van der Waals surface area contributed by atoms with Gasteiger partial charge < -0.3 is 14.8 Å². The van der Waals surface area contributed by atoms with Crippen molar-refractivity contribution in [2.24, 2.45) is 0 Å². The highest BCUT2D eigenvalue weighted by molar-refractivity contribution is 5.92. The molecule has 0 unspecified atom stereocenters. The third-order valence-corrected chi connectivity index (χ3v) is 4.27. The van der Waals surface area contributed by atoms with Crippen LogP contribution in [0, 0.1) is 0 Å². The van der Waals surface area contributed by atoms with Crippen molar-refractivity contribution < 1.29 is 9.47 Å². The largest absolute Gasteiger partial charge is 0.493 e. The molecule has 23 heavy (non-hydrogen) atoms. The average Bonchev–Trinajstić information content (AvgIpc) is 2.61. The summed E-state index contributed by atoms with van der Waals surface area (Å²) >= 11 is 0. The van der Waals surface area contributed by atoms with Crippen LogP contribution in [-0.2, 0) is 6.54 Å². The Morgan fingerprint density at radius 2 is 1.78 bits per heavy atom. The summed E-state index contributed by atoms with van der Waals surface area (Å²) in [6, 6.07) is 14.7. The molecule has 3 nitrogen and oxygen atoms in total. The van der Waals surface area contributed by atoms with Gasteiger partial charge in [-0.25, -0.2) is 0 Å². The summed E-state index contributed by atoms with van der Waals surface area (Å²) < 4.78 is 10.8. The van der Waals surface area contributed by atoms with Crippen LogP contribution in [0.1, 0.15) is 36.5 Å². The Labute approximate surface area is 137 Å². The molecule has 2 aromatic rings. The first-order valence-corrected chi connectivity index (χ1v) is 8.06. The van der Waals surface area contributed by atoms with Crippen molar-refractivity contribution in [2.45, 2.75) is 26.3 Å². The number of methoxy groups -OCH3 is 2. The number of hydrogen-bond acceptors (Lipinski definition) is 3. The average molecular weight is 309 g/mol. The molecule has 0 saturated carbocycles. The summed E-state index contributed by atoms with van der Waals surface area (Å²) in [6.07, 6.45) is 2.16. The van der Waals surface area contributed by atoms with Crippen LogP contribution < -0.4 is 14.8 Å². The third kappa shape index (κ3) is 2.91. The Hall–Kier alpha value is -2.42. The predicted octanol–water partition coefficient (Wildman–Crippen LogP) is 4.48. The van der Waals surface area contributed by atoms with Gasteiger partial charge in [0.15, 0.2) is 11.5 Å². The monoisotopic (exact) mass is 309 g/mol. The minimum Gasteiger partial charge on any atom is -0.493 e. The molecule has 1 N–H and O–H groups in total. The zero-order chi connectivity index (χ0) is 16.2. The Kier molecular flexibility index (Phi) is 4.56. The molecule has 3 rings (SSSR count). The molecule has 0 fully saturated rings. The topological polar surface area (TPSA) is 30.5 Å². The smallest absolute Gasteiger partial charge is 0.161 e. The van der Waals surface area contributed by atoms with Gasteiger partial charge in [0.05, 0.1) is 14.2 Å².